The van der Waals surface area contributed by atoms with Crippen LogP contribution in [0, 0.1) is 11.3 Å². The molecule has 6 rings (SSSR count). The Bertz CT molecular complexity index is 865. The number of benzene rings is 1. The fourth-order valence-electron chi connectivity index (χ4n) is 7.12. The smallest absolute Gasteiger partial charge is 0.229 e. The number of hydrogen-bond donors (Lipinski definition) is 0. The quantitative estimate of drug-likeness (QED) is 0.768. The van der Waals surface area contributed by atoms with Gasteiger partial charge in [-0.3, -0.25) is 14.6 Å². The molecule has 136 valence electrons. The van der Waals surface area contributed by atoms with Crippen molar-refractivity contribution in [2.45, 2.75) is 37.3 Å². The molecule has 2 saturated heterocycles. The molecule has 1 saturated carbocycles. The van der Waals surface area contributed by atoms with Crippen molar-refractivity contribution >= 4 is 11.6 Å². The number of carbonyl (C=O) groups is 1. The highest BCUT2D eigenvalue weighted by Gasteiger charge is 2.75. The minimum atomic E-state index is -0.158. The Morgan fingerprint density at radius 2 is 1.96 bits per heavy atom. The third-order valence-electron chi connectivity index (χ3n) is 7.82. The number of fused-ring (bicyclic) bond motifs is 3. The minimum absolute atomic E-state index is 0.0173. The van der Waals surface area contributed by atoms with Crippen LogP contribution in [0.3, 0.4) is 0 Å². The zero-order valence-corrected chi connectivity index (χ0v) is 15.3. The molecule has 1 aromatic carbocycles. The summed E-state index contributed by atoms with van der Waals surface area (Å²) in [6.07, 6.45) is 8.79. The Hall–Kier alpha value is -2.01. The highest BCUT2D eigenvalue weighted by atomic mass is 16.5. The topological polar surface area (TPSA) is 42.0 Å². The highest BCUT2D eigenvalue weighted by molar-refractivity contribution is 6.01. The Morgan fingerprint density at radius 3 is 2.77 bits per heavy atom. The molecule has 4 aliphatic heterocycles. The van der Waals surface area contributed by atoms with Gasteiger partial charge in [0.05, 0.1) is 19.9 Å². The first kappa shape index (κ1) is 15.1. The van der Waals surface area contributed by atoms with Crippen molar-refractivity contribution < 1.29 is 14.3 Å². The molecule has 5 aliphatic rings. The van der Waals surface area contributed by atoms with E-state index in [2.05, 4.69) is 28.0 Å². The minimum Gasteiger partial charge on any atom is -0.493 e. The first-order valence-corrected chi connectivity index (χ1v) is 9.68. The maximum Gasteiger partial charge on any atom is 0.229 e. The molecule has 0 N–H and O–H groups in total. The summed E-state index contributed by atoms with van der Waals surface area (Å²) in [6.45, 7) is 2.02. The van der Waals surface area contributed by atoms with Crippen molar-refractivity contribution in [1.82, 2.24) is 4.90 Å². The number of rotatable bonds is 2. The summed E-state index contributed by atoms with van der Waals surface area (Å²) in [6, 6.07) is 4.17. The van der Waals surface area contributed by atoms with Gasteiger partial charge in [0.2, 0.25) is 5.91 Å². The van der Waals surface area contributed by atoms with Crippen molar-refractivity contribution in [3.05, 3.63) is 29.8 Å². The van der Waals surface area contributed by atoms with E-state index in [4.69, 9.17) is 9.47 Å². The summed E-state index contributed by atoms with van der Waals surface area (Å²) in [5, 5.41) is 0. The lowest BCUT2D eigenvalue weighted by Gasteiger charge is -2.63. The molecule has 4 atom stereocenters. The predicted octanol–water partition coefficient (Wildman–Crippen LogP) is 2.91. The lowest BCUT2D eigenvalue weighted by atomic mass is 9.63. The molecule has 0 aromatic heterocycles. The monoisotopic (exact) mass is 352 g/mol. The van der Waals surface area contributed by atoms with E-state index in [1.165, 1.54) is 12.0 Å². The first-order chi connectivity index (χ1) is 12.7. The van der Waals surface area contributed by atoms with Crippen LogP contribution in [-0.2, 0) is 4.79 Å². The molecule has 26 heavy (non-hydrogen) atoms. The van der Waals surface area contributed by atoms with Gasteiger partial charge in [-0.05, 0) is 36.8 Å². The third kappa shape index (κ3) is 1.37. The summed E-state index contributed by atoms with van der Waals surface area (Å²) < 4.78 is 11.2. The third-order valence-corrected chi connectivity index (χ3v) is 7.82. The zero-order chi connectivity index (χ0) is 17.7. The second-order valence-corrected chi connectivity index (χ2v) is 8.44. The molecule has 4 heterocycles. The van der Waals surface area contributed by atoms with Gasteiger partial charge in [0, 0.05) is 36.9 Å². The Labute approximate surface area is 153 Å². The van der Waals surface area contributed by atoms with Crippen molar-refractivity contribution in [3.8, 4) is 11.5 Å². The van der Waals surface area contributed by atoms with Crippen LogP contribution in [0.4, 0.5) is 5.69 Å². The van der Waals surface area contributed by atoms with Crippen LogP contribution >= 0.6 is 0 Å². The van der Waals surface area contributed by atoms with Crippen molar-refractivity contribution in [2.24, 2.45) is 11.3 Å². The largest absolute Gasteiger partial charge is 0.493 e. The van der Waals surface area contributed by atoms with Gasteiger partial charge in [-0.2, -0.15) is 0 Å². The Kier molecular flexibility index (Phi) is 2.69. The maximum absolute atomic E-state index is 13.3. The number of ether oxygens (including phenoxy) is 2. The summed E-state index contributed by atoms with van der Waals surface area (Å²) >= 11 is 0. The summed E-state index contributed by atoms with van der Waals surface area (Å²) in [5.41, 5.74) is 2.15. The fourth-order valence-corrected chi connectivity index (χ4v) is 7.12. The standard InChI is InChI=1S/C21H24N2O3/c1-25-17-10-14-13-5-9-22-8-3-6-20-7-4-15(13)21(20,22)23(19(24)12-20)16(14)11-18(17)26-2/h3,6,10-11,13,15H,4-5,7-9,12H2,1-2H3/t13-,15-,20-,21-/m0/s1. The molecule has 3 fully saturated rings. The first-order valence-electron chi connectivity index (χ1n) is 9.68. The number of piperidine rings is 1. The molecular weight excluding hydrogens is 328 g/mol. The van der Waals surface area contributed by atoms with Gasteiger partial charge in [0.1, 0.15) is 5.66 Å². The van der Waals surface area contributed by atoms with Gasteiger partial charge in [-0.15, -0.1) is 0 Å². The van der Waals surface area contributed by atoms with Gasteiger partial charge < -0.3 is 9.47 Å². The molecule has 5 nitrogen and oxygen atoms in total. The molecule has 0 radical (unpaired) electrons. The van der Waals surface area contributed by atoms with Crippen LogP contribution < -0.4 is 14.4 Å². The van der Waals surface area contributed by atoms with Crippen molar-refractivity contribution in [1.29, 1.82) is 0 Å². The van der Waals surface area contributed by atoms with Crippen LogP contribution in [0.5, 0.6) is 11.5 Å². The van der Waals surface area contributed by atoms with Crippen molar-refractivity contribution in [2.75, 3.05) is 32.2 Å². The Balaban J connectivity index is 1.67. The fraction of sp³-hybridized carbons (Fsp3) is 0.571. The number of methoxy groups -OCH3 is 2. The number of nitrogens with zero attached hydrogens (tertiary/aromatic N) is 2. The molecule has 2 bridgehead atoms. The molecule has 1 spiro atoms. The van der Waals surface area contributed by atoms with Gasteiger partial charge in [-0.1, -0.05) is 12.2 Å². The summed E-state index contributed by atoms with van der Waals surface area (Å²) in [5.74, 6) is 2.75. The van der Waals surface area contributed by atoms with Crippen LogP contribution in [0.1, 0.15) is 37.2 Å². The predicted molar refractivity (Wildman–Crippen MR) is 97.6 cm³/mol. The molecule has 1 aromatic rings. The van der Waals surface area contributed by atoms with Crippen molar-refractivity contribution in [3.63, 3.8) is 0 Å². The van der Waals surface area contributed by atoms with Crippen LogP contribution in [0.2, 0.25) is 0 Å². The van der Waals surface area contributed by atoms with E-state index in [1.54, 1.807) is 14.2 Å². The second kappa shape index (κ2) is 4.63. The van der Waals surface area contributed by atoms with E-state index in [1.807, 2.05) is 6.07 Å². The van der Waals surface area contributed by atoms with E-state index in [0.29, 0.717) is 24.0 Å². The van der Waals surface area contributed by atoms with Crippen LogP contribution in [0.25, 0.3) is 0 Å². The van der Waals surface area contributed by atoms with Crippen LogP contribution in [-0.4, -0.2) is 43.8 Å². The molecule has 5 heteroatoms. The lowest BCUT2D eigenvalue weighted by Crippen LogP contribution is -2.72. The normalized spacial score (nSPS) is 39.0. The molecule has 0 unspecified atom stereocenters. The van der Waals surface area contributed by atoms with E-state index in [-0.39, 0.29) is 17.0 Å². The van der Waals surface area contributed by atoms with E-state index in [9.17, 15) is 4.79 Å². The average molecular weight is 352 g/mol. The molecular formula is C21H24N2O3. The van der Waals surface area contributed by atoms with E-state index < -0.39 is 0 Å². The summed E-state index contributed by atoms with van der Waals surface area (Å²) in [7, 11) is 3.35. The van der Waals surface area contributed by atoms with E-state index >= 15 is 0 Å². The zero-order valence-electron chi connectivity index (χ0n) is 15.3. The maximum atomic E-state index is 13.3. The second-order valence-electron chi connectivity index (χ2n) is 8.44. The van der Waals surface area contributed by atoms with Gasteiger partial charge in [-0.25, -0.2) is 0 Å². The molecule has 1 amide bonds. The van der Waals surface area contributed by atoms with Gasteiger partial charge in [0.15, 0.2) is 11.5 Å². The number of hydrogen-bond acceptors (Lipinski definition) is 4. The number of amides is 1. The SMILES string of the molecule is COc1cc2c(cc1OC)N1C(=O)C[C@]34C=CCN5CC[C@@H]2[C@H](CC3)[C@]514. The summed E-state index contributed by atoms with van der Waals surface area (Å²) in [4.78, 5) is 18.1. The average Bonchev–Trinajstić information content (AvgIpc) is 3.12. The number of anilines is 1. The Morgan fingerprint density at radius 1 is 1.15 bits per heavy atom. The van der Waals surface area contributed by atoms with Crippen LogP contribution in [0.15, 0.2) is 24.3 Å². The number of carbonyl (C=O) groups excluding carboxylic acids is 1. The van der Waals surface area contributed by atoms with Gasteiger partial charge in [0.25, 0.3) is 0 Å². The highest BCUT2D eigenvalue weighted by Crippen LogP contribution is 2.71. The van der Waals surface area contributed by atoms with Gasteiger partial charge >= 0.3 is 0 Å². The van der Waals surface area contributed by atoms with E-state index in [0.717, 1.165) is 37.4 Å². The molecule has 1 aliphatic carbocycles. The lowest BCUT2D eigenvalue weighted by molar-refractivity contribution is -0.119.